The van der Waals surface area contributed by atoms with Crippen LogP contribution in [0.1, 0.15) is 30.1 Å². The van der Waals surface area contributed by atoms with Gasteiger partial charge in [0.05, 0.1) is 7.11 Å². The summed E-state index contributed by atoms with van der Waals surface area (Å²) in [6.07, 6.45) is 2.26. The third kappa shape index (κ3) is 3.16. The van der Waals surface area contributed by atoms with Crippen molar-refractivity contribution in [1.29, 1.82) is 0 Å². The van der Waals surface area contributed by atoms with E-state index in [4.69, 9.17) is 4.74 Å². The van der Waals surface area contributed by atoms with E-state index in [9.17, 15) is 4.79 Å². The summed E-state index contributed by atoms with van der Waals surface area (Å²) in [5, 5.41) is 3.23. The van der Waals surface area contributed by atoms with Crippen LogP contribution in [0.4, 0.5) is 5.95 Å². The van der Waals surface area contributed by atoms with Gasteiger partial charge in [-0.2, -0.15) is 15.0 Å². The molecule has 1 heterocycles. The molecule has 1 N–H and O–H groups in total. The molecule has 0 spiro atoms. The molecule has 1 aromatic heterocycles. The highest BCUT2D eigenvalue weighted by Crippen LogP contribution is 2.25. The Kier molecular flexibility index (Phi) is 3.51. The zero-order valence-electron chi connectivity index (χ0n) is 12.0. The number of carbonyl (C=O) groups excluding carboxylic acids is 1. The average molecular weight is 284 g/mol. The molecule has 1 saturated carbocycles. The number of ketones is 1. The van der Waals surface area contributed by atoms with Gasteiger partial charge < -0.3 is 10.1 Å². The Morgan fingerprint density at radius 1 is 1.29 bits per heavy atom. The Balaban J connectivity index is 1.99. The van der Waals surface area contributed by atoms with Crippen LogP contribution in [0.15, 0.2) is 24.3 Å². The fourth-order valence-electron chi connectivity index (χ4n) is 1.93. The van der Waals surface area contributed by atoms with E-state index >= 15 is 0 Å². The third-order valence-electron chi connectivity index (χ3n) is 3.24. The third-order valence-corrected chi connectivity index (χ3v) is 3.24. The number of ether oxygens (including phenoxy) is 1. The van der Waals surface area contributed by atoms with Crippen LogP contribution in [-0.2, 0) is 0 Å². The first-order valence-electron chi connectivity index (χ1n) is 6.83. The summed E-state index contributed by atoms with van der Waals surface area (Å²) in [7, 11) is 1.52. The summed E-state index contributed by atoms with van der Waals surface area (Å²) in [5.74, 6) is 1.01. The van der Waals surface area contributed by atoms with Crippen molar-refractivity contribution in [2.45, 2.75) is 25.8 Å². The second kappa shape index (κ2) is 5.47. The van der Waals surface area contributed by atoms with Gasteiger partial charge in [0.1, 0.15) is 0 Å². The van der Waals surface area contributed by atoms with E-state index in [1.807, 2.05) is 12.1 Å². The maximum absolute atomic E-state index is 11.5. The number of rotatable bonds is 5. The fraction of sp³-hybridized carbons (Fsp3) is 0.333. The normalized spacial score (nSPS) is 13.8. The summed E-state index contributed by atoms with van der Waals surface area (Å²) in [5.41, 5.74) is 1.39. The van der Waals surface area contributed by atoms with Crippen molar-refractivity contribution in [3.8, 4) is 17.4 Å². The number of aromatic nitrogens is 3. The smallest absolute Gasteiger partial charge is 0.321 e. The molecule has 0 bridgehead atoms. The summed E-state index contributed by atoms with van der Waals surface area (Å²) < 4.78 is 5.13. The van der Waals surface area contributed by atoms with Crippen LogP contribution in [0.3, 0.4) is 0 Å². The molecule has 1 aromatic carbocycles. The lowest BCUT2D eigenvalue weighted by molar-refractivity contribution is 0.101. The Morgan fingerprint density at radius 3 is 2.76 bits per heavy atom. The van der Waals surface area contributed by atoms with Gasteiger partial charge >= 0.3 is 6.01 Å². The first kappa shape index (κ1) is 13.5. The Morgan fingerprint density at radius 2 is 2.10 bits per heavy atom. The minimum Gasteiger partial charge on any atom is -0.467 e. The maximum atomic E-state index is 11.5. The zero-order chi connectivity index (χ0) is 14.8. The van der Waals surface area contributed by atoms with E-state index in [-0.39, 0.29) is 11.8 Å². The molecule has 0 atom stereocenters. The maximum Gasteiger partial charge on any atom is 0.321 e. The molecule has 6 nitrogen and oxygen atoms in total. The monoisotopic (exact) mass is 284 g/mol. The molecule has 2 aromatic rings. The quantitative estimate of drug-likeness (QED) is 0.849. The van der Waals surface area contributed by atoms with Crippen LogP contribution in [0.25, 0.3) is 11.4 Å². The predicted octanol–water partition coefficient (Wildman–Crippen LogP) is 2.32. The zero-order valence-corrected chi connectivity index (χ0v) is 12.0. The van der Waals surface area contributed by atoms with Crippen molar-refractivity contribution < 1.29 is 9.53 Å². The molecule has 0 saturated heterocycles. The van der Waals surface area contributed by atoms with E-state index < -0.39 is 0 Å². The van der Waals surface area contributed by atoms with Gasteiger partial charge in [0.2, 0.25) is 5.95 Å². The molecule has 108 valence electrons. The number of methoxy groups -OCH3 is 1. The highest BCUT2D eigenvalue weighted by atomic mass is 16.5. The highest BCUT2D eigenvalue weighted by molar-refractivity contribution is 5.95. The number of Topliss-reactive ketones (excluding diaryl/α,β-unsaturated/α-hetero) is 1. The van der Waals surface area contributed by atoms with E-state index in [1.165, 1.54) is 14.0 Å². The number of anilines is 1. The van der Waals surface area contributed by atoms with Crippen LogP contribution in [0.2, 0.25) is 0 Å². The average Bonchev–Trinajstić information content (AvgIpc) is 3.31. The van der Waals surface area contributed by atoms with Gasteiger partial charge in [-0.15, -0.1) is 0 Å². The molecule has 1 aliphatic rings. The van der Waals surface area contributed by atoms with E-state index in [0.717, 1.165) is 18.4 Å². The molecule has 0 aliphatic heterocycles. The predicted molar refractivity (Wildman–Crippen MR) is 78.5 cm³/mol. The molecular weight excluding hydrogens is 268 g/mol. The van der Waals surface area contributed by atoms with E-state index in [1.54, 1.807) is 12.1 Å². The Labute approximate surface area is 122 Å². The summed E-state index contributed by atoms with van der Waals surface area (Å²) >= 11 is 0. The van der Waals surface area contributed by atoms with E-state index in [0.29, 0.717) is 23.4 Å². The SMILES string of the molecule is COc1nc(NC2CC2)nc(-c2cccc(C(C)=O)c2)n1. The van der Waals surface area contributed by atoms with Gasteiger partial charge in [-0.05, 0) is 25.8 Å². The number of nitrogens with one attached hydrogen (secondary N) is 1. The van der Waals surface area contributed by atoms with Gasteiger partial charge in [-0.1, -0.05) is 18.2 Å². The molecule has 0 amide bonds. The van der Waals surface area contributed by atoms with Crippen molar-refractivity contribution in [3.05, 3.63) is 29.8 Å². The van der Waals surface area contributed by atoms with Gasteiger partial charge in [0.25, 0.3) is 0 Å². The summed E-state index contributed by atoms with van der Waals surface area (Å²) in [6, 6.07) is 7.93. The lowest BCUT2D eigenvalue weighted by Gasteiger charge is -2.08. The number of hydrogen-bond acceptors (Lipinski definition) is 6. The van der Waals surface area contributed by atoms with Crippen LogP contribution < -0.4 is 10.1 Å². The van der Waals surface area contributed by atoms with Gasteiger partial charge in [0.15, 0.2) is 11.6 Å². The second-order valence-corrected chi connectivity index (χ2v) is 5.02. The molecule has 3 rings (SSSR count). The van der Waals surface area contributed by atoms with Crippen LogP contribution in [0, 0.1) is 0 Å². The van der Waals surface area contributed by atoms with Crippen LogP contribution >= 0.6 is 0 Å². The fourth-order valence-corrected chi connectivity index (χ4v) is 1.93. The second-order valence-electron chi connectivity index (χ2n) is 5.02. The van der Waals surface area contributed by atoms with Crippen LogP contribution in [0.5, 0.6) is 6.01 Å². The van der Waals surface area contributed by atoms with Crippen LogP contribution in [-0.4, -0.2) is 33.9 Å². The first-order chi connectivity index (χ1) is 10.2. The molecular formula is C15H16N4O2. The standard InChI is InChI=1S/C15H16N4O2/c1-9(20)10-4-3-5-11(8-10)13-17-14(16-12-6-7-12)19-15(18-13)21-2/h3-5,8,12H,6-7H2,1-2H3,(H,16,17,18,19). The molecule has 6 heteroatoms. The number of carbonyl (C=O) groups is 1. The number of nitrogens with zero attached hydrogens (tertiary/aromatic N) is 3. The van der Waals surface area contributed by atoms with E-state index in [2.05, 4.69) is 20.3 Å². The lowest BCUT2D eigenvalue weighted by Crippen LogP contribution is -2.08. The van der Waals surface area contributed by atoms with Gasteiger partial charge in [0, 0.05) is 17.2 Å². The van der Waals surface area contributed by atoms with Crippen molar-refractivity contribution in [2.24, 2.45) is 0 Å². The van der Waals surface area contributed by atoms with Crippen molar-refractivity contribution in [2.75, 3.05) is 12.4 Å². The van der Waals surface area contributed by atoms with Gasteiger partial charge in [-0.25, -0.2) is 0 Å². The molecule has 0 unspecified atom stereocenters. The largest absolute Gasteiger partial charge is 0.467 e. The number of benzene rings is 1. The topological polar surface area (TPSA) is 77.0 Å². The van der Waals surface area contributed by atoms with Crippen molar-refractivity contribution >= 4 is 11.7 Å². The lowest BCUT2D eigenvalue weighted by atomic mass is 10.1. The van der Waals surface area contributed by atoms with Crippen molar-refractivity contribution in [1.82, 2.24) is 15.0 Å². The number of hydrogen-bond donors (Lipinski definition) is 1. The molecule has 1 fully saturated rings. The minimum atomic E-state index is 0.00852. The Hall–Kier alpha value is -2.50. The summed E-state index contributed by atoms with van der Waals surface area (Å²) in [4.78, 5) is 24.3. The summed E-state index contributed by atoms with van der Waals surface area (Å²) in [6.45, 7) is 1.53. The van der Waals surface area contributed by atoms with Crippen molar-refractivity contribution in [3.63, 3.8) is 0 Å². The Bertz CT molecular complexity index is 683. The van der Waals surface area contributed by atoms with Gasteiger partial charge in [-0.3, -0.25) is 4.79 Å². The minimum absolute atomic E-state index is 0.00852. The molecule has 1 aliphatic carbocycles. The molecule has 21 heavy (non-hydrogen) atoms. The molecule has 0 radical (unpaired) electrons. The first-order valence-corrected chi connectivity index (χ1v) is 6.83. The highest BCUT2D eigenvalue weighted by Gasteiger charge is 2.23.